The van der Waals surface area contributed by atoms with Crippen LogP contribution in [0.3, 0.4) is 0 Å². The molecule has 3 nitrogen and oxygen atoms in total. The molecule has 1 saturated heterocycles. The first-order valence-electron chi connectivity index (χ1n) is 6.35. The van der Waals surface area contributed by atoms with E-state index < -0.39 is 0 Å². The molecule has 2 heterocycles. The van der Waals surface area contributed by atoms with E-state index >= 15 is 0 Å². The molecule has 1 aromatic carbocycles. The van der Waals surface area contributed by atoms with Crippen LogP contribution in [0.2, 0.25) is 0 Å². The van der Waals surface area contributed by atoms with Crippen molar-refractivity contribution in [2.24, 2.45) is 0 Å². The maximum absolute atomic E-state index is 5.88. The number of anilines is 1. The molecule has 1 fully saturated rings. The molecule has 4 N–H and O–H groups in total. The summed E-state index contributed by atoms with van der Waals surface area (Å²) in [4.78, 5) is 3.34. The van der Waals surface area contributed by atoms with E-state index in [1.807, 2.05) is 6.07 Å². The molecule has 0 radical (unpaired) electrons. The molecule has 0 aliphatic carbocycles. The van der Waals surface area contributed by atoms with Gasteiger partial charge in [-0.05, 0) is 49.1 Å². The molecule has 2 atom stereocenters. The lowest BCUT2D eigenvalue weighted by molar-refractivity contribution is 0.520. The van der Waals surface area contributed by atoms with E-state index in [0.717, 1.165) is 12.2 Å². The second-order valence-electron chi connectivity index (χ2n) is 5.04. The van der Waals surface area contributed by atoms with Gasteiger partial charge in [-0.25, -0.2) is 0 Å². The van der Waals surface area contributed by atoms with Gasteiger partial charge in [-0.15, -0.1) is 0 Å². The summed E-state index contributed by atoms with van der Waals surface area (Å²) in [5.41, 5.74) is 9.27. The van der Waals surface area contributed by atoms with Crippen LogP contribution in [0.4, 0.5) is 5.69 Å². The lowest BCUT2D eigenvalue weighted by atomic mass is 9.92. The molecule has 0 spiro atoms. The van der Waals surface area contributed by atoms with E-state index in [0.29, 0.717) is 12.0 Å². The summed E-state index contributed by atoms with van der Waals surface area (Å²) >= 11 is 0. The molecule has 0 saturated carbocycles. The molecule has 1 aliphatic heterocycles. The number of aromatic nitrogens is 1. The smallest absolute Gasteiger partial charge is 0.0458 e. The number of hydrogen-bond donors (Lipinski definition) is 3. The zero-order chi connectivity index (χ0) is 11.8. The second kappa shape index (κ2) is 4.08. The maximum Gasteiger partial charge on any atom is 0.0458 e. The lowest BCUT2D eigenvalue weighted by Gasteiger charge is -2.19. The number of aromatic amines is 1. The fourth-order valence-corrected chi connectivity index (χ4v) is 2.89. The van der Waals surface area contributed by atoms with E-state index in [-0.39, 0.29) is 0 Å². The van der Waals surface area contributed by atoms with Crippen molar-refractivity contribution in [2.45, 2.75) is 31.7 Å². The van der Waals surface area contributed by atoms with Crippen LogP contribution in [0, 0.1) is 0 Å². The van der Waals surface area contributed by atoms with Crippen molar-refractivity contribution >= 4 is 16.6 Å². The predicted molar refractivity (Wildman–Crippen MR) is 72.2 cm³/mol. The van der Waals surface area contributed by atoms with Crippen molar-refractivity contribution < 1.29 is 0 Å². The van der Waals surface area contributed by atoms with Crippen LogP contribution >= 0.6 is 0 Å². The Hall–Kier alpha value is -1.48. The van der Waals surface area contributed by atoms with Gasteiger partial charge in [0, 0.05) is 28.8 Å². The molecule has 2 aromatic rings. The summed E-state index contributed by atoms with van der Waals surface area (Å²) in [6.45, 7) is 3.45. The number of nitrogens with two attached hydrogens (primary N) is 1. The molecule has 3 heteroatoms. The zero-order valence-electron chi connectivity index (χ0n) is 10.2. The second-order valence-corrected chi connectivity index (χ2v) is 5.04. The first kappa shape index (κ1) is 10.7. The van der Waals surface area contributed by atoms with Crippen LogP contribution < -0.4 is 11.1 Å². The summed E-state index contributed by atoms with van der Waals surface area (Å²) in [6, 6.07) is 6.69. The van der Waals surface area contributed by atoms with Crippen molar-refractivity contribution in [3.05, 3.63) is 30.0 Å². The topological polar surface area (TPSA) is 53.8 Å². The number of H-pyrrole nitrogens is 1. The Morgan fingerprint density at radius 2 is 2.29 bits per heavy atom. The first-order chi connectivity index (χ1) is 8.25. The van der Waals surface area contributed by atoms with Crippen LogP contribution in [0.5, 0.6) is 0 Å². The normalized spacial score (nSPS) is 22.1. The van der Waals surface area contributed by atoms with Crippen LogP contribution in [0.15, 0.2) is 24.4 Å². The summed E-state index contributed by atoms with van der Waals surface area (Å²) in [5, 5.41) is 4.85. The maximum atomic E-state index is 5.88. The highest BCUT2D eigenvalue weighted by molar-refractivity contribution is 5.86. The summed E-state index contributed by atoms with van der Waals surface area (Å²) in [7, 11) is 0. The molecule has 90 valence electrons. The molecule has 17 heavy (non-hydrogen) atoms. The monoisotopic (exact) mass is 229 g/mol. The summed E-state index contributed by atoms with van der Waals surface area (Å²) in [6.07, 6.45) is 4.70. The van der Waals surface area contributed by atoms with Gasteiger partial charge in [0.15, 0.2) is 0 Å². The van der Waals surface area contributed by atoms with Crippen LogP contribution in [-0.4, -0.2) is 17.6 Å². The first-order valence-corrected chi connectivity index (χ1v) is 6.35. The molecule has 0 amide bonds. The minimum Gasteiger partial charge on any atom is -0.399 e. The van der Waals surface area contributed by atoms with E-state index in [1.54, 1.807) is 0 Å². The van der Waals surface area contributed by atoms with Gasteiger partial charge >= 0.3 is 0 Å². The molecule has 1 aromatic heterocycles. The molecular formula is C14H19N3. The Morgan fingerprint density at radius 1 is 1.41 bits per heavy atom. The lowest BCUT2D eigenvalue weighted by Crippen LogP contribution is -2.27. The van der Waals surface area contributed by atoms with Gasteiger partial charge in [-0.1, -0.05) is 6.92 Å². The number of hydrogen-bond acceptors (Lipinski definition) is 2. The standard InChI is InChI=1S/C14H19N3/c1-9(13-3-2-6-16-13)12-8-17-14-5-4-10(15)7-11(12)14/h4-5,7-9,13,16-17H,2-3,6,15H2,1H3. The average molecular weight is 229 g/mol. The Balaban J connectivity index is 2.01. The Kier molecular flexibility index (Phi) is 2.56. The Labute approximate surface area is 101 Å². The van der Waals surface area contributed by atoms with Crippen molar-refractivity contribution in [2.75, 3.05) is 12.3 Å². The van der Waals surface area contributed by atoms with Gasteiger partial charge in [-0.3, -0.25) is 0 Å². The molecule has 3 rings (SSSR count). The van der Waals surface area contributed by atoms with E-state index in [1.165, 1.54) is 29.3 Å². The Bertz CT molecular complexity index is 523. The van der Waals surface area contributed by atoms with E-state index in [4.69, 9.17) is 5.73 Å². The van der Waals surface area contributed by atoms with Gasteiger partial charge in [-0.2, -0.15) is 0 Å². The number of benzene rings is 1. The summed E-state index contributed by atoms with van der Waals surface area (Å²) < 4.78 is 0. The number of rotatable bonds is 2. The number of nitrogens with one attached hydrogen (secondary N) is 2. The van der Waals surface area contributed by atoms with Crippen molar-refractivity contribution in [1.82, 2.24) is 10.3 Å². The third-order valence-electron chi connectivity index (χ3n) is 3.93. The van der Waals surface area contributed by atoms with Crippen LogP contribution in [0.1, 0.15) is 31.2 Å². The van der Waals surface area contributed by atoms with Crippen LogP contribution in [0.25, 0.3) is 10.9 Å². The van der Waals surface area contributed by atoms with E-state index in [9.17, 15) is 0 Å². The third-order valence-corrected chi connectivity index (χ3v) is 3.93. The Morgan fingerprint density at radius 3 is 3.06 bits per heavy atom. The highest BCUT2D eigenvalue weighted by atomic mass is 14.9. The van der Waals surface area contributed by atoms with Gasteiger partial charge in [0.05, 0.1) is 0 Å². The van der Waals surface area contributed by atoms with Gasteiger partial charge < -0.3 is 16.0 Å². The van der Waals surface area contributed by atoms with Gasteiger partial charge in [0.25, 0.3) is 0 Å². The highest BCUT2D eigenvalue weighted by Crippen LogP contribution is 2.31. The van der Waals surface area contributed by atoms with Crippen LogP contribution in [-0.2, 0) is 0 Å². The van der Waals surface area contributed by atoms with Gasteiger partial charge in [0.1, 0.15) is 0 Å². The molecular weight excluding hydrogens is 210 g/mol. The molecule has 0 bridgehead atoms. The minimum absolute atomic E-state index is 0.535. The molecule has 1 aliphatic rings. The van der Waals surface area contributed by atoms with Crippen molar-refractivity contribution in [3.63, 3.8) is 0 Å². The third kappa shape index (κ3) is 1.80. The average Bonchev–Trinajstić information content (AvgIpc) is 2.97. The number of fused-ring (bicyclic) bond motifs is 1. The zero-order valence-corrected chi connectivity index (χ0v) is 10.2. The fourth-order valence-electron chi connectivity index (χ4n) is 2.89. The minimum atomic E-state index is 0.535. The largest absolute Gasteiger partial charge is 0.399 e. The highest BCUT2D eigenvalue weighted by Gasteiger charge is 2.24. The summed E-state index contributed by atoms with van der Waals surface area (Å²) in [5.74, 6) is 0.535. The van der Waals surface area contributed by atoms with Crippen molar-refractivity contribution in [3.8, 4) is 0 Å². The van der Waals surface area contributed by atoms with Gasteiger partial charge in [0.2, 0.25) is 0 Å². The number of nitrogen functional groups attached to an aromatic ring is 1. The molecule has 2 unspecified atom stereocenters. The predicted octanol–water partition coefficient (Wildman–Crippen LogP) is 2.61. The fraction of sp³-hybridized carbons (Fsp3) is 0.429. The quantitative estimate of drug-likeness (QED) is 0.693. The van der Waals surface area contributed by atoms with Crippen molar-refractivity contribution in [1.29, 1.82) is 0 Å². The SMILES string of the molecule is CC(c1c[nH]c2ccc(N)cc12)C1CCCN1. The van der Waals surface area contributed by atoms with E-state index in [2.05, 4.69) is 35.6 Å².